The minimum absolute atomic E-state index is 0.0931. The van der Waals surface area contributed by atoms with E-state index in [1.54, 1.807) is 6.07 Å². The zero-order valence-corrected chi connectivity index (χ0v) is 12.3. The molecule has 0 saturated carbocycles. The van der Waals surface area contributed by atoms with Gasteiger partial charge in [-0.05, 0) is 18.2 Å². The average molecular weight is 332 g/mol. The topological polar surface area (TPSA) is 117 Å². The van der Waals surface area contributed by atoms with Gasteiger partial charge in [0.1, 0.15) is 6.54 Å². The van der Waals surface area contributed by atoms with E-state index in [0.29, 0.717) is 17.1 Å². The van der Waals surface area contributed by atoms with Gasteiger partial charge in [0.15, 0.2) is 23.9 Å². The number of H-pyrrole nitrogens is 1. The van der Waals surface area contributed by atoms with Crippen molar-refractivity contribution < 1.29 is 23.8 Å². The lowest BCUT2D eigenvalue weighted by molar-refractivity contribution is -0.143. The molecule has 0 spiro atoms. The van der Waals surface area contributed by atoms with Crippen LogP contribution in [0.1, 0.15) is 10.4 Å². The molecule has 1 aliphatic heterocycles. The van der Waals surface area contributed by atoms with Gasteiger partial charge in [-0.3, -0.25) is 23.9 Å². The first-order chi connectivity index (χ1) is 11.5. The molecule has 2 aromatic rings. The summed E-state index contributed by atoms with van der Waals surface area (Å²) in [4.78, 5) is 48.1. The van der Waals surface area contributed by atoms with E-state index >= 15 is 0 Å². The van der Waals surface area contributed by atoms with Crippen molar-refractivity contribution in [3.63, 3.8) is 0 Å². The summed E-state index contributed by atoms with van der Waals surface area (Å²) in [5.41, 5.74) is -0.989. The van der Waals surface area contributed by atoms with E-state index in [2.05, 4.69) is 0 Å². The summed E-state index contributed by atoms with van der Waals surface area (Å²) in [5, 5.41) is 0. The Hall–Kier alpha value is -3.36. The van der Waals surface area contributed by atoms with Crippen LogP contribution in [0.3, 0.4) is 0 Å². The number of aromatic nitrogens is 2. The third-order valence-corrected chi connectivity index (χ3v) is 3.26. The number of benzene rings is 1. The van der Waals surface area contributed by atoms with Crippen molar-refractivity contribution in [2.24, 2.45) is 0 Å². The van der Waals surface area contributed by atoms with E-state index in [-0.39, 0.29) is 6.79 Å². The molecule has 124 valence electrons. The molecule has 0 unspecified atom stereocenters. The molecule has 1 aromatic heterocycles. The number of rotatable bonds is 5. The maximum absolute atomic E-state index is 12.0. The summed E-state index contributed by atoms with van der Waals surface area (Å²) in [6.45, 7) is -0.795. The number of Topliss-reactive ketones (excluding diaryl/α,β-unsaturated/α-hetero) is 1. The van der Waals surface area contributed by atoms with E-state index in [1.165, 1.54) is 18.3 Å². The minimum atomic E-state index is -0.779. The van der Waals surface area contributed by atoms with Gasteiger partial charge in [-0.2, -0.15) is 0 Å². The van der Waals surface area contributed by atoms with E-state index < -0.39 is 36.2 Å². The van der Waals surface area contributed by atoms with Crippen LogP contribution in [-0.2, 0) is 16.1 Å². The molecule has 0 saturated heterocycles. The number of aromatic amines is 1. The molecule has 3 rings (SSSR count). The molecule has 0 fully saturated rings. The van der Waals surface area contributed by atoms with Crippen LogP contribution in [0.5, 0.6) is 11.5 Å². The van der Waals surface area contributed by atoms with E-state index in [1.807, 2.05) is 4.98 Å². The number of nitrogens with one attached hydrogen (secondary N) is 1. The molecule has 0 radical (unpaired) electrons. The normalized spacial score (nSPS) is 12.0. The minimum Gasteiger partial charge on any atom is -0.456 e. The lowest BCUT2D eigenvalue weighted by atomic mass is 10.1. The summed E-state index contributed by atoms with van der Waals surface area (Å²) in [7, 11) is 0. The van der Waals surface area contributed by atoms with Crippen LogP contribution in [0.4, 0.5) is 0 Å². The van der Waals surface area contributed by atoms with Gasteiger partial charge >= 0.3 is 11.7 Å². The Morgan fingerprint density at radius 2 is 1.96 bits per heavy atom. The van der Waals surface area contributed by atoms with Crippen LogP contribution in [0, 0.1) is 0 Å². The zero-order chi connectivity index (χ0) is 17.1. The summed E-state index contributed by atoms with van der Waals surface area (Å²) < 4.78 is 16.1. The number of ketones is 1. The lowest BCUT2D eigenvalue weighted by Gasteiger charge is -2.06. The molecule has 0 amide bonds. The highest BCUT2D eigenvalue weighted by atomic mass is 16.7. The Bertz CT molecular complexity index is 913. The molecule has 0 bridgehead atoms. The second-order valence-electron chi connectivity index (χ2n) is 4.89. The quantitative estimate of drug-likeness (QED) is 0.589. The zero-order valence-electron chi connectivity index (χ0n) is 12.3. The van der Waals surface area contributed by atoms with Gasteiger partial charge in [0.2, 0.25) is 6.79 Å². The molecule has 2 heterocycles. The summed E-state index contributed by atoms with van der Waals surface area (Å²) in [5.74, 6) is -0.207. The first-order valence-electron chi connectivity index (χ1n) is 6.91. The van der Waals surface area contributed by atoms with Gasteiger partial charge in [-0.1, -0.05) is 0 Å². The van der Waals surface area contributed by atoms with Gasteiger partial charge in [0.25, 0.3) is 5.56 Å². The maximum Gasteiger partial charge on any atom is 0.328 e. The number of hydrogen-bond donors (Lipinski definition) is 1. The van der Waals surface area contributed by atoms with Gasteiger partial charge < -0.3 is 14.2 Å². The molecule has 1 N–H and O–H groups in total. The van der Waals surface area contributed by atoms with Crippen LogP contribution < -0.4 is 20.7 Å². The van der Waals surface area contributed by atoms with E-state index in [4.69, 9.17) is 14.2 Å². The van der Waals surface area contributed by atoms with Crippen molar-refractivity contribution in [2.45, 2.75) is 6.54 Å². The van der Waals surface area contributed by atoms with Crippen LogP contribution in [0.2, 0.25) is 0 Å². The fraction of sp³-hybridized carbons (Fsp3) is 0.200. The first-order valence-corrected chi connectivity index (χ1v) is 6.91. The molecular formula is C15H12N2O7. The molecule has 24 heavy (non-hydrogen) atoms. The fourth-order valence-electron chi connectivity index (χ4n) is 2.05. The summed E-state index contributed by atoms with van der Waals surface area (Å²) in [6, 6.07) is 5.74. The van der Waals surface area contributed by atoms with Gasteiger partial charge in [-0.25, -0.2) is 4.79 Å². The Morgan fingerprint density at radius 3 is 2.75 bits per heavy atom. The smallest absolute Gasteiger partial charge is 0.328 e. The highest BCUT2D eigenvalue weighted by Crippen LogP contribution is 2.32. The second-order valence-corrected chi connectivity index (χ2v) is 4.89. The maximum atomic E-state index is 12.0. The van der Waals surface area contributed by atoms with Crippen molar-refractivity contribution in [1.29, 1.82) is 0 Å². The van der Waals surface area contributed by atoms with Crippen LogP contribution >= 0.6 is 0 Å². The number of hydrogen-bond acceptors (Lipinski definition) is 7. The Balaban J connectivity index is 1.58. The average Bonchev–Trinajstić information content (AvgIpc) is 3.03. The number of ether oxygens (including phenoxy) is 3. The van der Waals surface area contributed by atoms with Gasteiger partial charge in [-0.15, -0.1) is 0 Å². The van der Waals surface area contributed by atoms with Gasteiger partial charge in [0, 0.05) is 17.8 Å². The Kier molecular flexibility index (Phi) is 4.15. The molecular weight excluding hydrogens is 320 g/mol. The van der Waals surface area contributed by atoms with Gasteiger partial charge in [0.05, 0.1) is 0 Å². The number of carbonyl (C=O) groups is 2. The van der Waals surface area contributed by atoms with Crippen LogP contribution in [0.25, 0.3) is 0 Å². The first kappa shape index (κ1) is 15.5. The monoisotopic (exact) mass is 332 g/mol. The second kappa shape index (κ2) is 6.41. The van der Waals surface area contributed by atoms with Crippen LogP contribution in [-0.4, -0.2) is 34.7 Å². The SMILES string of the molecule is O=C(Cn1ccc(=O)[nH]c1=O)OCC(=O)c1ccc2c(c1)OCO2. The van der Waals surface area contributed by atoms with Crippen LogP contribution in [0.15, 0.2) is 40.1 Å². The number of fused-ring (bicyclic) bond motifs is 1. The lowest BCUT2D eigenvalue weighted by Crippen LogP contribution is -2.31. The van der Waals surface area contributed by atoms with E-state index in [0.717, 1.165) is 10.6 Å². The Morgan fingerprint density at radius 1 is 1.17 bits per heavy atom. The van der Waals surface area contributed by atoms with E-state index in [9.17, 15) is 19.2 Å². The largest absolute Gasteiger partial charge is 0.456 e. The van der Waals surface area contributed by atoms with Crippen molar-refractivity contribution in [3.05, 3.63) is 56.9 Å². The number of carbonyl (C=O) groups excluding carboxylic acids is 2. The predicted octanol–water partition coefficient (Wildman–Crippen LogP) is -0.309. The molecule has 0 aliphatic carbocycles. The third kappa shape index (κ3) is 3.35. The molecule has 0 atom stereocenters. The van der Waals surface area contributed by atoms with Crippen molar-refractivity contribution in [3.8, 4) is 11.5 Å². The van der Waals surface area contributed by atoms with Crippen molar-refractivity contribution >= 4 is 11.8 Å². The molecule has 9 nitrogen and oxygen atoms in total. The summed E-state index contributed by atoms with van der Waals surface area (Å²) in [6.07, 6.45) is 1.17. The molecule has 9 heteroatoms. The predicted molar refractivity (Wildman–Crippen MR) is 79.2 cm³/mol. The third-order valence-electron chi connectivity index (χ3n) is 3.26. The molecule has 1 aromatic carbocycles. The highest BCUT2D eigenvalue weighted by molar-refractivity contribution is 5.98. The Labute approximate surface area is 134 Å². The number of esters is 1. The standard InChI is InChI=1S/C15H12N2O7/c18-10(9-1-2-11-12(5-9)24-8-23-11)7-22-14(20)6-17-4-3-13(19)16-15(17)21/h1-5H,6-8H2,(H,16,19,21). The molecule has 1 aliphatic rings. The number of nitrogens with zero attached hydrogens (tertiary/aromatic N) is 1. The fourth-order valence-corrected chi connectivity index (χ4v) is 2.05. The highest BCUT2D eigenvalue weighted by Gasteiger charge is 2.17. The van der Waals surface area contributed by atoms with Crippen molar-refractivity contribution in [1.82, 2.24) is 9.55 Å². The summed E-state index contributed by atoms with van der Waals surface area (Å²) >= 11 is 0. The van der Waals surface area contributed by atoms with Crippen molar-refractivity contribution in [2.75, 3.05) is 13.4 Å².